The molecule has 1 aromatic carbocycles. The summed E-state index contributed by atoms with van der Waals surface area (Å²) in [7, 11) is 0. The van der Waals surface area contributed by atoms with Gasteiger partial charge >= 0.3 is 0 Å². The van der Waals surface area contributed by atoms with Crippen LogP contribution >= 0.6 is 23.2 Å². The van der Waals surface area contributed by atoms with Crippen LogP contribution in [-0.2, 0) is 11.3 Å². The SMILES string of the molecule is O=C(C(Cl)Cl)N1CC[NH+](Cc2ccccc2)CC1. The molecule has 1 amide bonds. The number of nitrogens with zero attached hydrogens (tertiary/aromatic N) is 1. The van der Waals surface area contributed by atoms with Crippen LogP contribution in [0, 0.1) is 0 Å². The first-order valence-electron chi connectivity index (χ1n) is 6.11. The van der Waals surface area contributed by atoms with Gasteiger partial charge in [-0.05, 0) is 0 Å². The quantitative estimate of drug-likeness (QED) is 0.814. The summed E-state index contributed by atoms with van der Waals surface area (Å²) in [6.07, 6.45) is 0. The number of amides is 1. The minimum atomic E-state index is -0.930. The van der Waals surface area contributed by atoms with Gasteiger partial charge in [0.1, 0.15) is 6.54 Å². The number of quaternary nitrogens is 1. The van der Waals surface area contributed by atoms with Crippen molar-refractivity contribution in [2.75, 3.05) is 26.2 Å². The van der Waals surface area contributed by atoms with Gasteiger partial charge in [-0.3, -0.25) is 4.79 Å². The standard InChI is InChI=1S/C13H16Cl2N2O/c14-12(15)13(18)17-8-6-16(7-9-17)10-11-4-2-1-3-5-11/h1-5,12H,6-10H2/p+1. The Kier molecular flexibility index (Phi) is 4.87. The van der Waals surface area contributed by atoms with Crippen LogP contribution < -0.4 is 4.90 Å². The molecule has 0 unspecified atom stereocenters. The Morgan fingerprint density at radius 1 is 1.22 bits per heavy atom. The number of alkyl halides is 2. The molecule has 0 spiro atoms. The van der Waals surface area contributed by atoms with Crippen molar-refractivity contribution in [2.24, 2.45) is 0 Å². The highest BCUT2D eigenvalue weighted by atomic mass is 35.5. The molecule has 98 valence electrons. The molecule has 0 radical (unpaired) electrons. The topological polar surface area (TPSA) is 24.8 Å². The molecule has 1 fully saturated rings. The molecule has 18 heavy (non-hydrogen) atoms. The number of nitrogens with one attached hydrogen (secondary N) is 1. The first kappa shape index (κ1) is 13.7. The maximum atomic E-state index is 11.6. The van der Waals surface area contributed by atoms with Gasteiger partial charge in [-0.25, -0.2) is 0 Å². The predicted molar refractivity (Wildman–Crippen MR) is 72.9 cm³/mol. The summed E-state index contributed by atoms with van der Waals surface area (Å²) < 4.78 is 0. The van der Waals surface area contributed by atoms with Gasteiger partial charge in [-0.1, -0.05) is 53.5 Å². The molecule has 5 heteroatoms. The minimum absolute atomic E-state index is 0.169. The second kappa shape index (κ2) is 6.41. The van der Waals surface area contributed by atoms with E-state index in [1.54, 1.807) is 4.90 Å². The lowest BCUT2D eigenvalue weighted by Crippen LogP contribution is -3.13. The fraction of sp³-hybridized carbons (Fsp3) is 0.462. The molecule has 3 nitrogen and oxygen atoms in total. The van der Waals surface area contributed by atoms with Gasteiger partial charge in [-0.2, -0.15) is 0 Å². The van der Waals surface area contributed by atoms with E-state index in [1.165, 1.54) is 10.5 Å². The zero-order valence-electron chi connectivity index (χ0n) is 10.1. The fourth-order valence-corrected chi connectivity index (χ4v) is 2.52. The van der Waals surface area contributed by atoms with Crippen LogP contribution in [0.1, 0.15) is 5.56 Å². The number of carbonyl (C=O) groups excluding carboxylic acids is 1. The molecule has 1 heterocycles. The summed E-state index contributed by atoms with van der Waals surface area (Å²) in [6.45, 7) is 4.37. The molecule has 1 N–H and O–H groups in total. The van der Waals surface area contributed by atoms with Gasteiger partial charge < -0.3 is 9.80 Å². The normalized spacial score (nSPS) is 17.2. The number of piperazine rings is 1. The molecule has 0 atom stereocenters. The van der Waals surface area contributed by atoms with E-state index in [2.05, 4.69) is 24.3 Å². The number of hydrogen-bond acceptors (Lipinski definition) is 1. The van der Waals surface area contributed by atoms with E-state index in [1.807, 2.05) is 6.07 Å². The van der Waals surface area contributed by atoms with E-state index < -0.39 is 4.84 Å². The van der Waals surface area contributed by atoms with Crippen LogP contribution in [0.4, 0.5) is 0 Å². The molecule has 1 saturated heterocycles. The molecule has 0 aromatic heterocycles. The van der Waals surface area contributed by atoms with Gasteiger partial charge in [-0.15, -0.1) is 0 Å². The van der Waals surface area contributed by atoms with Crippen LogP contribution in [0.2, 0.25) is 0 Å². The zero-order valence-corrected chi connectivity index (χ0v) is 11.6. The summed E-state index contributed by atoms with van der Waals surface area (Å²) >= 11 is 11.2. The third kappa shape index (κ3) is 3.61. The lowest BCUT2D eigenvalue weighted by atomic mass is 10.2. The molecule has 0 bridgehead atoms. The van der Waals surface area contributed by atoms with E-state index in [0.717, 1.165) is 32.7 Å². The number of benzene rings is 1. The largest absolute Gasteiger partial charge is 0.329 e. The highest BCUT2D eigenvalue weighted by Crippen LogP contribution is 2.07. The number of halogens is 2. The average Bonchev–Trinajstić information content (AvgIpc) is 2.40. The number of rotatable bonds is 3. The van der Waals surface area contributed by atoms with Crippen molar-refractivity contribution in [1.29, 1.82) is 0 Å². The lowest BCUT2D eigenvalue weighted by molar-refractivity contribution is -0.917. The van der Waals surface area contributed by atoms with Crippen LogP contribution in [0.25, 0.3) is 0 Å². The van der Waals surface area contributed by atoms with Crippen LogP contribution in [0.15, 0.2) is 30.3 Å². The molecule has 0 aliphatic carbocycles. The third-order valence-corrected chi connectivity index (χ3v) is 3.64. The first-order chi connectivity index (χ1) is 8.66. The van der Waals surface area contributed by atoms with Crippen molar-refractivity contribution in [3.8, 4) is 0 Å². The summed E-state index contributed by atoms with van der Waals surface area (Å²) in [6, 6.07) is 10.4. The summed E-state index contributed by atoms with van der Waals surface area (Å²) in [5.41, 5.74) is 1.33. The van der Waals surface area contributed by atoms with Gasteiger partial charge in [0.25, 0.3) is 5.91 Å². The van der Waals surface area contributed by atoms with E-state index in [9.17, 15) is 4.79 Å². The van der Waals surface area contributed by atoms with Crippen molar-refractivity contribution in [1.82, 2.24) is 4.90 Å². The smallest absolute Gasteiger partial charge is 0.256 e. The van der Waals surface area contributed by atoms with E-state index in [4.69, 9.17) is 23.2 Å². The van der Waals surface area contributed by atoms with E-state index in [0.29, 0.717) is 0 Å². The van der Waals surface area contributed by atoms with Crippen LogP contribution in [0.5, 0.6) is 0 Å². The molecule has 2 rings (SSSR count). The van der Waals surface area contributed by atoms with Crippen molar-refractivity contribution in [3.63, 3.8) is 0 Å². The average molecular weight is 288 g/mol. The third-order valence-electron chi connectivity index (χ3n) is 3.27. The summed E-state index contributed by atoms with van der Waals surface area (Å²) in [5.74, 6) is -0.169. The Hall–Kier alpha value is -0.770. The molecular weight excluding hydrogens is 271 g/mol. The highest BCUT2D eigenvalue weighted by Gasteiger charge is 2.26. The van der Waals surface area contributed by atoms with Gasteiger partial charge in [0.2, 0.25) is 0 Å². The maximum Gasteiger partial charge on any atom is 0.256 e. The first-order valence-corrected chi connectivity index (χ1v) is 6.98. The van der Waals surface area contributed by atoms with Crippen molar-refractivity contribution >= 4 is 29.1 Å². The minimum Gasteiger partial charge on any atom is -0.329 e. The fourth-order valence-electron chi connectivity index (χ4n) is 2.24. The summed E-state index contributed by atoms with van der Waals surface area (Å²) in [5, 5.41) is 0. The van der Waals surface area contributed by atoms with E-state index in [-0.39, 0.29) is 5.91 Å². The number of hydrogen-bond donors (Lipinski definition) is 1. The van der Waals surface area contributed by atoms with Crippen LogP contribution in [0.3, 0.4) is 0 Å². The van der Waals surface area contributed by atoms with Gasteiger partial charge in [0.05, 0.1) is 26.2 Å². The number of carbonyl (C=O) groups is 1. The maximum absolute atomic E-state index is 11.6. The predicted octanol–water partition coefficient (Wildman–Crippen LogP) is 0.717. The summed E-state index contributed by atoms with van der Waals surface area (Å²) in [4.78, 5) is 13.9. The Labute approximate surface area is 117 Å². The van der Waals surface area contributed by atoms with Crippen molar-refractivity contribution in [3.05, 3.63) is 35.9 Å². The molecular formula is C13H17Cl2N2O+. The second-order valence-electron chi connectivity index (χ2n) is 4.54. The highest BCUT2D eigenvalue weighted by molar-refractivity contribution is 6.53. The van der Waals surface area contributed by atoms with Crippen molar-refractivity contribution in [2.45, 2.75) is 11.4 Å². The molecule has 1 aliphatic heterocycles. The van der Waals surface area contributed by atoms with E-state index >= 15 is 0 Å². The van der Waals surface area contributed by atoms with Gasteiger partial charge in [0, 0.05) is 5.56 Å². The van der Waals surface area contributed by atoms with Crippen LogP contribution in [-0.4, -0.2) is 41.8 Å². The Bertz CT molecular complexity index is 389. The second-order valence-corrected chi connectivity index (χ2v) is 5.63. The van der Waals surface area contributed by atoms with Crippen molar-refractivity contribution < 1.29 is 9.69 Å². The zero-order chi connectivity index (χ0) is 13.0. The lowest BCUT2D eigenvalue weighted by Gasteiger charge is -2.32. The molecule has 0 saturated carbocycles. The molecule has 1 aliphatic rings. The Morgan fingerprint density at radius 2 is 1.83 bits per heavy atom. The Morgan fingerprint density at radius 3 is 2.39 bits per heavy atom. The monoisotopic (exact) mass is 287 g/mol. The Balaban J connectivity index is 1.82. The van der Waals surface area contributed by atoms with Gasteiger partial charge in [0.15, 0.2) is 4.84 Å². The molecule has 1 aromatic rings.